The number of benzene rings is 1. The average Bonchev–Trinajstić information content (AvgIpc) is 2.85. The summed E-state index contributed by atoms with van der Waals surface area (Å²) in [6.45, 7) is 3.80. The van der Waals surface area contributed by atoms with Gasteiger partial charge in [-0.05, 0) is 43.2 Å². The first-order valence-corrected chi connectivity index (χ1v) is 7.04. The van der Waals surface area contributed by atoms with E-state index in [-0.39, 0.29) is 5.69 Å². The van der Waals surface area contributed by atoms with E-state index in [1.54, 1.807) is 6.07 Å². The first-order chi connectivity index (χ1) is 10.4. The van der Waals surface area contributed by atoms with E-state index in [0.29, 0.717) is 16.4 Å². The number of imidazole rings is 1. The van der Waals surface area contributed by atoms with Crippen molar-refractivity contribution < 1.29 is 9.18 Å². The number of amides is 1. The molecular formula is C16H13ClFN3O. The molecule has 1 N–H and O–H groups in total. The zero-order valence-electron chi connectivity index (χ0n) is 12.0. The minimum absolute atomic E-state index is 0.196. The number of hydrogen-bond donors (Lipinski definition) is 1. The van der Waals surface area contributed by atoms with Crippen LogP contribution in [0.1, 0.15) is 21.6 Å². The lowest BCUT2D eigenvalue weighted by molar-refractivity contribution is 0.102. The van der Waals surface area contributed by atoms with E-state index in [2.05, 4.69) is 10.3 Å². The van der Waals surface area contributed by atoms with Crippen LogP contribution in [0.25, 0.3) is 5.65 Å². The fraction of sp³-hybridized carbons (Fsp3) is 0.125. The number of anilines is 1. The predicted molar refractivity (Wildman–Crippen MR) is 84.0 cm³/mol. The normalized spacial score (nSPS) is 10.9. The van der Waals surface area contributed by atoms with E-state index in [9.17, 15) is 9.18 Å². The van der Waals surface area contributed by atoms with Crippen LogP contribution >= 0.6 is 11.6 Å². The topological polar surface area (TPSA) is 46.4 Å². The van der Waals surface area contributed by atoms with Crippen molar-refractivity contribution in [2.45, 2.75) is 13.8 Å². The van der Waals surface area contributed by atoms with E-state index in [4.69, 9.17) is 11.6 Å². The van der Waals surface area contributed by atoms with Crippen molar-refractivity contribution in [2.24, 2.45) is 0 Å². The molecule has 3 aromatic rings. The van der Waals surface area contributed by atoms with E-state index >= 15 is 0 Å². The third-order valence-corrected chi connectivity index (χ3v) is 3.62. The van der Waals surface area contributed by atoms with Gasteiger partial charge in [0, 0.05) is 12.4 Å². The van der Waals surface area contributed by atoms with Gasteiger partial charge in [0.2, 0.25) is 0 Å². The lowest BCUT2D eigenvalue weighted by Crippen LogP contribution is -2.13. The molecule has 4 nitrogen and oxygen atoms in total. The fourth-order valence-electron chi connectivity index (χ4n) is 2.33. The van der Waals surface area contributed by atoms with Crippen LogP contribution in [-0.4, -0.2) is 15.3 Å². The molecule has 0 saturated heterocycles. The maximum atomic E-state index is 13.2. The molecule has 0 saturated carbocycles. The Kier molecular flexibility index (Phi) is 3.58. The lowest BCUT2D eigenvalue weighted by Gasteiger charge is -2.10. The largest absolute Gasteiger partial charge is 0.319 e. The molecule has 0 unspecified atom stereocenters. The van der Waals surface area contributed by atoms with Crippen molar-refractivity contribution in [3.05, 3.63) is 64.3 Å². The predicted octanol–water partition coefficient (Wildman–Crippen LogP) is 4.00. The summed E-state index contributed by atoms with van der Waals surface area (Å²) in [4.78, 5) is 16.5. The summed E-state index contributed by atoms with van der Waals surface area (Å²) in [6, 6.07) is 6.52. The number of pyridine rings is 1. The summed E-state index contributed by atoms with van der Waals surface area (Å²) in [5.41, 5.74) is 3.14. The molecule has 2 aromatic heterocycles. The van der Waals surface area contributed by atoms with E-state index in [1.165, 1.54) is 28.9 Å². The average molecular weight is 318 g/mol. The second-order valence-corrected chi connectivity index (χ2v) is 5.54. The second-order valence-electron chi connectivity index (χ2n) is 5.13. The molecule has 0 atom stereocenters. The van der Waals surface area contributed by atoms with Gasteiger partial charge >= 0.3 is 0 Å². The van der Waals surface area contributed by atoms with Crippen LogP contribution in [0.2, 0.25) is 5.02 Å². The standard InChI is InChI=1S/C16H13ClFN3O/c1-9-5-10(2)15(12(17)6-9)20-16(22)13-8-21-7-11(18)3-4-14(21)19-13/h3-8H,1-2H3,(H,20,22). The van der Waals surface area contributed by atoms with Crippen LogP contribution < -0.4 is 5.32 Å². The van der Waals surface area contributed by atoms with Crippen molar-refractivity contribution in [2.75, 3.05) is 5.32 Å². The molecule has 112 valence electrons. The van der Waals surface area contributed by atoms with Crippen LogP contribution in [0, 0.1) is 19.7 Å². The number of carbonyl (C=O) groups excluding carboxylic acids is 1. The van der Waals surface area contributed by atoms with Crippen LogP contribution in [0.4, 0.5) is 10.1 Å². The minimum atomic E-state index is -0.394. The smallest absolute Gasteiger partial charge is 0.275 e. The number of hydrogen-bond acceptors (Lipinski definition) is 2. The third kappa shape index (κ3) is 2.67. The second kappa shape index (κ2) is 5.42. The highest BCUT2D eigenvalue weighted by Gasteiger charge is 2.14. The number of nitrogens with zero attached hydrogens (tertiary/aromatic N) is 2. The van der Waals surface area contributed by atoms with Gasteiger partial charge in [-0.1, -0.05) is 17.7 Å². The zero-order valence-corrected chi connectivity index (χ0v) is 12.8. The van der Waals surface area contributed by atoms with Crippen LogP contribution in [0.3, 0.4) is 0 Å². The number of nitrogens with one attached hydrogen (secondary N) is 1. The Labute approximate surface area is 131 Å². The van der Waals surface area contributed by atoms with Crippen molar-refractivity contribution in [3.63, 3.8) is 0 Å². The molecule has 0 bridgehead atoms. The molecule has 0 aliphatic rings. The van der Waals surface area contributed by atoms with Gasteiger partial charge in [0.1, 0.15) is 17.2 Å². The monoisotopic (exact) mass is 317 g/mol. The van der Waals surface area contributed by atoms with Gasteiger partial charge in [0.25, 0.3) is 5.91 Å². The lowest BCUT2D eigenvalue weighted by atomic mass is 10.1. The highest BCUT2D eigenvalue weighted by atomic mass is 35.5. The van der Waals surface area contributed by atoms with Crippen molar-refractivity contribution >= 4 is 28.8 Å². The van der Waals surface area contributed by atoms with Gasteiger partial charge in [0.15, 0.2) is 0 Å². The summed E-state index contributed by atoms with van der Waals surface area (Å²) in [5, 5.41) is 3.23. The van der Waals surface area contributed by atoms with Crippen molar-refractivity contribution in [3.8, 4) is 0 Å². The Morgan fingerprint density at radius 1 is 1.27 bits per heavy atom. The quantitative estimate of drug-likeness (QED) is 0.776. The molecule has 22 heavy (non-hydrogen) atoms. The van der Waals surface area contributed by atoms with E-state index < -0.39 is 11.7 Å². The highest BCUT2D eigenvalue weighted by molar-refractivity contribution is 6.34. The Balaban J connectivity index is 1.93. The molecule has 6 heteroatoms. The van der Waals surface area contributed by atoms with Gasteiger partial charge in [-0.15, -0.1) is 0 Å². The van der Waals surface area contributed by atoms with Crippen LogP contribution in [-0.2, 0) is 0 Å². The molecule has 3 rings (SSSR count). The summed E-state index contributed by atoms with van der Waals surface area (Å²) in [5.74, 6) is -0.785. The van der Waals surface area contributed by atoms with Gasteiger partial charge in [-0.3, -0.25) is 4.79 Å². The Morgan fingerprint density at radius 3 is 2.77 bits per heavy atom. The zero-order chi connectivity index (χ0) is 15.9. The molecule has 0 radical (unpaired) electrons. The molecule has 0 aliphatic heterocycles. The van der Waals surface area contributed by atoms with E-state index in [0.717, 1.165) is 11.1 Å². The number of aromatic nitrogens is 2. The van der Waals surface area contributed by atoms with Crippen molar-refractivity contribution in [1.82, 2.24) is 9.38 Å². The first-order valence-electron chi connectivity index (χ1n) is 6.66. The van der Waals surface area contributed by atoms with E-state index in [1.807, 2.05) is 19.9 Å². The van der Waals surface area contributed by atoms with Crippen LogP contribution in [0.5, 0.6) is 0 Å². The van der Waals surface area contributed by atoms with Gasteiger partial charge in [0.05, 0.1) is 10.7 Å². The number of aryl methyl sites for hydroxylation is 2. The van der Waals surface area contributed by atoms with Gasteiger partial charge in [-0.2, -0.15) is 0 Å². The van der Waals surface area contributed by atoms with Gasteiger partial charge in [-0.25, -0.2) is 9.37 Å². The number of fused-ring (bicyclic) bond motifs is 1. The van der Waals surface area contributed by atoms with Crippen molar-refractivity contribution in [1.29, 1.82) is 0 Å². The third-order valence-electron chi connectivity index (χ3n) is 3.32. The molecular weight excluding hydrogens is 305 g/mol. The maximum Gasteiger partial charge on any atom is 0.275 e. The molecule has 0 aliphatic carbocycles. The first kappa shape index (κ1) is 14.5. The summed E-state index contributed by atoms with van der Waals surface area (Å²) >= 11 is 6.18. The molecule has 1 amide bonds. The number of carbonyl (C=O) groups is 1. The Morgan fingerprint density at radius 2 is 2.05 bits per heavy atom. The van der Waals surface area contributed by atoms with Gasteiger partial charge < -0.3 is 9.72 Å². The molecule has 2 heterocycles. The summed E-state index contributed by atoms with van der Waals surface area (Å²) in [6.07, 6.45) is 2.74. The number of rotatable bonds is 2. The molecule has 0 spiro atoms. The fourth-order valence-corrected chi connectivity index (χ4v) is 2.69. The molecule has 0 fully saturated rings. The SMILES string of the molecule is Cc1cc(C)c(NC(=O)c2cn3cc(F)ccc3n2)c(Cl)c1. The summed E-state index contributed by atoms with van der Waals surface area (Å²) < 4.78 is 14.6. The van der Waals surface area contributed by atoms with Crippen LogP contribution in [0.15, 0.2) is 36.7 Å². The number of halogens is 2. The minimum Gasteiger partial charge on any atom is -0.319 e. The Hall–Kier alpha value is -2.40. The molecule has 1 aromatic carbocycles. The maximum absolute atomic E-state index is 13.2. The highest BCUT2D eigenvalue weighted by Crippen LogP contribution is 2.27. The Bertz CT molecular complexity index is 865. The summed E-state index contributed by atoms with van der Waals surface area (Å²) in [7, 11) is 0.